The van der Waals surface area contributed by atoms with Gasteiger partial charge in [-0.2, -0.15) is 0 Å². The summed E-state index contributed by atoms with van der Waals surface area (Å²) in [6, 6.07) is 1.09. The third kappa shape index (κ3) is 2.00. The number of fused-ring (bicyclic) bond motifs is 1. The van der Waals surface area contributed by atoms with Crippen LogP contribution in [0.25, 0.3) is 10.8 Å². The molecule has 0 fully saturated rings. The number of benzene rings is 2. The summed E-state index contributed by atoms with van der Waals surface area (Å²) in [7, 11) is 0. The van der Waals surface area contributed by atoms with Crippen molar-refractivity contribution in [3.05, 3.63) is 46.8 Å². The van der Waals surface area contributed by atoms with Crippen LogP contribution < -0.4 is 29.6 Å². The van der Waals surface area contributed by atoms with E-state index in [2.05, 4.69) is 0 Å². The molecule has 0 aliphatic rings. The van der Waals surface area contributed by atoms with Gasteiger partial charge in [0.05, 0.1) is 5.82 Å². The summed E-state index contributed by atoms with van der Waals surface area (Å²) in [6.07, 6.45) is 0. The molecule has 0 N–H and O–H groups in total. The molecule has 2 rings (SSSR count). The molecule has 0 saturated heterocycles. The Morgan fingerprint density at radius 2 is 0.944 bits per heavy atom. The monoisotopic (exact) mass is 276 g/mol. The second-order valence-corrected chi connectivity index (χ2v) is 3.07. The molecule has 0 saturated carbocycles. The molecule has 8 heteroatoms. The molecule has 0 nitrogen and oxygen atoms in total. The second-order valence-electron chi connectivity index (χ2n) is 3.07. The molecule has 0 bridgehead atoms. The Morgan fingerprint density at radius 1 is 0.500 bits per heavy atom. The molecule has 0 unspecified atom stereocenters. The number of halogens is 7. The van der Waals surface area contributed by atoms with Crippen LogP contribution in [-0.2, 0) is 0 Å². The van der Waals surface area contributed by atoms with Gasteiger partial charge in [0.25, 0.3) is 0 Å². The maximum atomic E-state index is 13.1. The molecule has 0 heterocycles. The molecular weight excluding hydrogens is 276 g/mol. The molecule has 0 spiro atoms. The second kappa shape index (κ2) is 5.07. The maximum Gasteiger partial charge on any atom is 1.00 e. The topological polar surface area (TPSA) is 0 Å². The summed E-state index contributed by atoms with van der Waals surface area (Å²) in [5.74, 6) is -14.9. The van der Waals surface area contributed by atoms with Crippen LogP contribution >= 0.6 is 0 Å². The van der Waals surface area contributed by atoms with Gasteiger partial charge in [0, 0.05) is 11.6 Å². The SMILES string of the molecule is Fc1[c-]c(F)c2c(F)c(F)c(F)c(F)c2c1F.[Na+]. The van der Waals surface area contributed by atoms with Gasteiger partial charge in [0.15, 0.2) is 11.6 Å². The fourth-order valence-corrected chi connectivity index (χ4v) is 1.37. The third-order valence-corrected chi connectivity index (χ3v) is 2.12. The van der Waals surface area contributed by atoms with Gasteiger partial charge >= 0.3 is 29.6 Å². The van der Waals surface area contributed by atoms with E-state index in [0.717, 1.165) is 6.07 Å². The zero-order valence-electron chi connectivity index (χ0n) is 8.65. The molecule has 90 valence electrons. The van der Waals surface area contributed by atoms with Crippen molar-refractivity contribution in [3.8, 4) is 0 Å². The van der Waals surface area contributed by atoms with Crippen LogP contribution in [0.3, 0.4) is 0 Å². The molecule has 0 atom stereocenters. The van der Waals surface area contributed by atoms with Crippen molar-refractivity contribution < 1.29 is 60.3 Å². The first-order valence-electron chi connectivity index (χ1n) is 4.07. The van der Waals surface area contributed by atoms with E-state index in [1.807, 2.05) is 0 Å². The minimum absolute atomic E-state index is 0. The maximum absolute atomic E-state index is 13.1. The zero-order chi connectivity index (χ0) is 12.9. The van der Waals surface area contributed by atoms with Gasteiger partial charge in [0.2, 0.25) is 0 Å². The molecule has 0 amide bonds. The summed E-state index contributed by atoms with van der Waals surface area (Å²) in [6.45, 7) is 0. The molecule has 0 aliphatic heterocycles. The minimum Gasteiger partial charge on any atom is -0.281 e. The van der Waals surface area contributed by atoms with E-state index in [0.29, 0.717) is 0 Å². The van der Waals surface area contributed by atoms with Gasteiger partial charge in [-0.15, -0.1) is 6.07 Å². The molecule has 2 aromatic carbocycles. The minimum atomic E-state index is -2.35. The number of hydrogen-bond acceptors (Lipinski definition) is 0. The summed E-state index contributed by atoms with van der Waals surface area (Å²) in [5.41, 5.74) is 0. The number of hydrogen-bond donors (Lipinski definition) is 0. The van der Waals surface area contributed by atoms with Gasteiger partial charge in [-0.05, 0) is 10.8 Å². The quantitative estimate of drug-likeness (QED) is 0.217. The fraction of sp³-hybridized carbons (Fsp3) is 0. The Hall–Kier alpha value is -0.790. The van der Waals surface area contributed by atoms with E-state index in [1.165, 1.54) is 0 Å². The third-order valence-electron chi connectivity index (χ3n) is 2.12. The van der Waals surface area contributed by atoms with Gasteiger partial charge in [-0.1, -0.05) is 0 Å². The first-order valence-corrected chi connectivity index (χ1v) is 4.07. The normalized spacial score (nSPS) is 10.6. The van der Waals surface area contributed by atoms with E-state index in [9.17, 15) is 30.7 Å². The predicted molar refractivity (Wildman–Crippen MR) is 42.5 cm³/mol. The van der Waals surface area contributed by atoms with Crippen LogP contribution in [0, 0.1) is 46.8 Å². The average molecular weight is 276 g/mol. The molecule has 18 heavy (non-hydrogen) atoms. The van der Waals surface area contributed by atoms with Crippen molar-refractivity contribution in [3.63, 3.8) is 0 Å². The summed E-state index contributed by atoms with van der Waals surface area (Å²) >= 11 is 0. The van der Waals surface area contributed by atoms with E-state index in [4.69, 9.17) is 0 Å². The fourth-order valence-electron chi connectivity index (χ4n) is 1.37. The van der Waals surface area contributed by atoms with Crippen LogP contribution in [0.15, 0.2) is 0 Å². The van der Waals surface area contributed by atoms with Gasteiger partial charge in [-0.3, -0.25) is 4.39 Å². The van der Waals surface area contributed by atoms with Crippen molar-refractivity contribution in [1.82, 2.24) is 0 Å². The van der Waals surface area contributed by atoms with Gasteiger partial charge in [0.1, 0.15) is 11.6 Å². The van der Waals surface area contributed by atoms with Crippen LogP contribution in [0.4, 0.5) is 30.7 Å². The van der Waals surface area contributed by atoms with Crippen molar-refractivity contribution in [1.29, 1.82) is 0 Å². The largest absolute Gasteiger partial charge is 1.00 e. The Morgan fingerprint density at radius 3 is 1.44 bits per heavy atom. The molecular formula is C10F7Na. The van der Waals surface area contributed by atoms with Crippen LogP contribution in [-0.4, -0.2) is 0 Å². The predicted octanol–water partition coefficient (Wildman–Crippen LogP) is 0.618. The first-order chi connectivity index (χ1) is 7.86. The first kappa shape index (κ1) is 15.3. The van der Waals surface area contributed by atoms with E-state index in [1.54, 1.807) is 0 Å². The van der Waals surface area contributed by atoms with Crippen LogP contribution in [0.1, 0.15) is 0 Å². The summed E-state index contributed by atoms with van der Waals surface area (Å²) in [5, 5.41) is -3.16. The summed E-state index contributed by atoms with van der Waals surface area (Å²) in [4.78, 5) is 0. The van der Waals surface area contributed by atoms with Crippen molar-refractivity contribution >= 4 is 10.8 Å². The zero-order valence-corrected chi connectivity index (χ0v) is 10.6. The van der Waals surface area contributed by atoms with Gasteiger partial charge in [-0.25, -0.2) is 26.3 Å². The Bertz CT molecular complexity index is 638. The standard InChI is InChI=1S/C10F7.Na/c11-2-1-3(12)6(13)5-4(2)7(14)9(16)10(17)8(5)15;/q-1;+1. The van der Waals surface area contributed by atoms with Crippen molar-refractivity contribution in [2.45, 2.75) is 0 Å². The van der Waals surface area contributed by atoms with Gasteiger partial charge < -0.3 is 0 Å². The van der Waals surface area contributed by atoms with Crippen molar-refractivity contribution in [2.75, 3.05) is 0 Å². The van der Waals surface area contributed by atoms with E-state index >= 15 is 0 Å². The van der Waals surface area contributed by atoms with Crippen LogP contribution in [0.2, 0.25) is 0 Å². The van der Waals surface area contributed by atoms with Crippen LogP contribution in [0.5, 0.6) is 0 Å². The Labute approximate surface area is 118 Å². The average Bonchev–Trinajstić information content (AvgIpc) is 2.28. The van der Waals surface area contributed by atoms with E-state index in [-0.39, 0.29) is 29.6 Å². The molecule has 2 aromatic rings. The van der Waals surface area contributed by atoms with E-state index < -0.39 is 51.5 Å². The van der Waals surface area contributed by atoms with Crippen molar-refractivity contribution in [2.24, 2.45) is 0 Å². The molecule has 0 aromatic heterocycles. The Kier molecular flexibility index (Phi) is 4.30. The summed E-state index contributed by atoms with van der Waals surface area (Å²) < 4.78 is 90.4. The molecule has 0 radical (unpaired) electrons. The Balaban J connectivity index is 0.00000162. The smallest absolute Gasteiger partial charge is 0.281 e. The molecule has 0 aliphatic carbocycles. The number of rotatable bonds is 0.